The maximum absolute atomic E-state index is 14.4. The predicted octanol–water partition coefficient (Wildman–Crippen LogP) is 3.68. The normalized spacial score (nSPS) is 30.6. The van der Waals surface area contributed by atoms with E-state index in [-0.39, 0.29) is 35.0 Å². The van der Waals surface area contributed by atoms with Crippen molar-refractivity contribution in [3.8, 4) is 0 Å². The van der Waals surface area contributed by atoms with E-state index < -0.39 is 28.6 Å². The lowest BCUT2D eigenvalue weighted by Gasteiger charge is -2.37. The molecule has 0 saturated carbocycles. The molecule has 190 valence electrons. The van der Waals surface area contributed by atoms with Crippen LogP contribution in [0.25, 0.3) is 10.8 Å². The molecule has 3 heterocycles. The number of aliphatic hydroxyl groups excluding tert-OH is 1. The molecule has 5 rings (SSSR count). The zero-order valence-corrected chi connectivity index (χ0v) is 22.2. The van der Waals surface area contributed by atoms with Gasteiger partial charge in [0.1, 0.15) is 6.04 Å². The van der Waals surface area contributed by atoms with Crippen LogP contribution in [-0.4, -0.2) is 73.5 Å². The van der Waals surface area contributed by atoms with Gasteiger partial charge in [-0.2, -0.15) is 0 Å². The third-order valence-electron chi connectivity index (χ3n) is 7.74. The first-order chi connectivity index (χ1) is 17.3. The predicted molar refractivity (Wildman–Crippen MR) is 144 cm³/mol. The number of amides is 2. The van der Waals surface area contributed by atoms with E-state index >= 15 is 0 Å². The number of likely N-dealkylation sites (tertiary alicyclic amines) is 1. The Balaban J connectivity index is 1.58. The summed E-state index contributed by atoms with van der Waals surface area (Å²) in [6.07, 6.45) is 3.26. The molecule has 2 aromatic carbocycles. The third-order valence-corrected chi connectivity index (χ3v) is 11.0. The maximum atomic E-state index is 14.4. The summed E-state index contributed by atoms with van der Waals surface area (Å²) in [4.78, 5) is 43.7. The molecule has 2 bridgehead atoms. The molecule has 9 heteroatoms. The smallest absolute Gasteiger partial charge is 0.308 e. The van der Waals surface area contributed by atoms with Crippen LogP contribution in [-0.2, 0) is 14.4 Å². The second-order valence-electron chi connectivity index (χ2n) is 9.73. The second-order valence-corrected chi connectivity index (χ2v) is 12.4. The van der Waals surface area contributed by atoms with Gasteiger partial charge in [-0.15, -0.1) is 18.3 Å². The number of fused-ring (bicyclic) bond motifs is 2. The van der Waals surface area contributed by atoms with Gasteiger partial charge in [0, 0.05) is 35.5 Å². The van der Waals surface area contributed by atoms with Crippen LogP contribution in [0.5, 0.6) is 0 Å². The molecule has 1 spiro atoms. The van der Waals surface area contributed by atoms with Crippen molar-refractivity contribution in [2.45, 2.75) is 40.1 Å². The van der Waals surface area contributed by atoms with E-state index in [1.807, 2.05) is 42.5 Å². The Kier molecular flexibility index (Phi) is 6.91. The Bertz CT molecular complexity index is 1220. The van der Waals surface area contributed by atoms with E-state index in [0.29, 0.717) is 31.5 Å². The highest BCUT2D eigenvalue weighted by Crippen LogP contribution is 2.67. The minimum atomic E-state index is -0.988. The van der Waals surface area contributed by atoms with Gasteiger partial charge in [0.15, 0.2) is 0 Å². The molecule has 0 aliphatic carbocycles. The molecular formula is C27H29BrN2O5S. The van der Waals surface area contributed by atoms with Crippen LogP contribution in [0, 0.1) is 11.8 Å². The molecule has 2 aromatic rings. The quantitative estimate of drug-likeness (QED) is 0.270. The fraction of sp³-hybridized carbons (Fsp3) is 0.444. The van der Waals surface area contributed by atoms with E-state index in [1.165, 1.54) is 11.8 Å². The van der Waals surface area contributed by atoms with Crippen molar-refractivity contribution in [3.05, 3.63) is 55.1 Å². The number of nitrogens with zero attached hydrogens (tertiary/aromatic N) is 2. The highest BCUT2D eigenvalue weighted by Gasteiger charge is 2.76. The number of aliphatic hydroxyl groups is 1. The van der Waals surface area contributed by atoms with Gasteiger partial charge >= 0.3 is 5.97 Å². The van der Waals surface area contributed by atoms with E-state index in [4.69, 9.17) is 0 Å². The zero-order valence-electron chi connectivity index (χ0n) is 19.8. The van der Waals surface area contributed by atoms with Gasteiger partial charge in [-0.25, -0.2) is 0 Å². The summed E-state index contributed by atoms with van der Waals surface area (Å²) in [6.45, 7) is 4.42. The number of halogens is 1. The van der Waals surface area contributed by atoms with Crippen LogP contribution >= 0.6 is 27.7 Å². The van der Waals surface area contributed by atoms with Crippen molar-refractivity contribution in [1.82, 2.24) is 4.90 Å². The summed E-state index contributed by atoms with van der Waals surface area (Å²) in [7, 11) is 0. The average Bonchev–Trinajstić information content (AvgIpc) is 3.45. The van der Waals surface area contributed by atoms with Crippen LogP contribution in [0.2, 0.25) is 0 Å². The minimum Gasteiger partial charge on any atom is -0.481 e. The monoisotopic (exact) mass is 572 g/mol. The highest BCUT2D eigenvalue weighted by molar-refractivity contribution is 9.09. The van der Waals surface area contributed by atoms with Crippen molar-refractivity contribution in [2.75, 3.05) is 24.6 Å². The molecular weight excluding hydrogens is 544 g/mol. The Morgan fingerprint density at radius 2 is 1.97 bits per heavy atom. The fourth-order valence-corrected chi connectivity index (χ4v) is 9.87. The first-order valence-corrected chi connectivity index (χ1v) is 14.0. The van der Waals surface area contributed by atoms with Gasteiger partial charge in [0.2, 0.25) is 5.91 Å². The summed E-state index contributed by atoms with van der Waals surface area (Å²) in [5.41, 5.74) is 0.712. The van der Waals surface area contributed by atoms with Gasteiger partial charge in [0.05, 0.1) is 16.6 Å². The minimum absolute atomic E-state index is 0.00700. The summed E-state index contributed by atoms with van der Waals surface area (Å²) >= 11 is 5.16. The van der Waals surface area contributed by atoms with E-state index in [1.54, 1.807) is 15.9 Å². The number of benzene rings is 2. The first kappa shape index (κ1) is 25.3. The van der Waals surface area contributed by atoms with Crippen LogP contribution in [0.4, 0.5) is 5.69 Å². The number of hydrogen-bond donors (Lipinski definition) is 2. The molecule has 3 aliphatic rings. The van der Waals surface area contributed by atoms with Gasteiger partial charge in [-0.1, -0.05) is 52.3 Å². The molecule has 6 atom stereocenters. The molecule has 3 aliphatic heterocycles. The molecule has 3 saturated heterocycles. The molecule has 0 radical (unpaired) electrons. The van der Waals surface area contributed by atoms with E-state index in [2.05, 4.69) is 22.5 Å². The Morgan fingerprint density at radius 1 is 1.22 bits per heavy atom. The molecule has 3 fully saturated rings. The molecule has 2 N–H and O–H groups in total. The summed E-state index contributed by atoms with van der Waals surface area (Å²) in [5, 5.41) is 21.2. The van der Waals surface area contributed by atoms with Crippen molar-refractivity contribution in [1.29, 1.82) is 0 Å². The van der Waals surface area contributed by atoms with Crippen LogP contribution < -0.4 is 4.90 Å². The molecule has 3 unspecified atom stereocenters. The summed E-state index contributed by atoms with van der Waals surface area (Å²) < 4.78 is -0.814. The van der Waals surface area contributed by atoms with Crippen molar-refractivity contribution in [2.24, 2.45) is 11.8 Å². The lowest BCUT2D eigenvalue weighted by Crippen LogP contribution is -2.55. The number of thioether (sulfide) groups is 1. The lowest BCUT2D eigenvalue weighted by atomic mass is 9.71. The molecule has 0 aromatic heterocycles. The molecule has 2 amide bonds. The van der Waals surface area contributed by atoms with Gasteiger partial charge in [0.25, 0.3) is 5.91 Å². The summed E-state index contributed by atoms with van der Waals surface area (Å²) in [6, 6.07) is 13.0. The zero-order chi connectivity index (χ0) is 25.6. The van der Waals surface area contributed by atoms with E-state index in [9.17, 15) is 24.6 Å². The third kappa shape index (κ3) is 3.87. The number of carboxylic acid groups (broad SMARTS) is 1. The molecule has 36 heavy (non-hydrogen) atoms. The fourth-order valence-electron chi connectivity index (χ4n) is 6.27. The number of alkyl halides is 1. The van der Waals surface area contributed by atoms with Crippen molar-refractivity contribution in [3.63, 3.8) is 0 Å². The van der Waals surface area contributed by atoms with Crippen LogP contribution in [0.3, 0.4) is 0 Å². The Morgan fingerprint density at radius 3 is 2.67 bits per heavy atom. The van der Waals surface area contributed by atoms with Gasteiger partial charge < -0.3 is 20.0 Å². The number of hydrogen-bond acceptors (Lipinski definition) is 5. The highest BCUT2D eigenvalue weighted by atomic mass is 79.9. The number of anilines is 1. The largest absolute Gasteiger partial charge is 0.481 e. The lowest BCUT2D eigenvalue weighted by molar-refractivity contribution is -0.148. The summed E-state index contributed by atoms with van der Waals surface area (Å²) in [5.74, 6) is -3.05. The number of aliphatic carboxylic acids is 1. The van der Waals surface area contributed by atoms with Crippen molar-refractivity contribution < 1.29 is 24.6 Å². The number of carbonyl (C=O) groups excluding carboxylic acids is 2. The Hall–Kier alpha value is -2.36. The number of carboxylic acids is 1. The average molecular weight is 574 g/mol. The standard InChI is InChI=1S/C27H29BrN2O5S/c1-2-11-29(18-10-9-16-7-3-4-8-17(16)14-18)25(33)23-27-15-19(28)22(36-27)20(26(34)35)21(27)24(32)30(23)12-5-6-13-31/h2-4,7-10,14,19-23,31H,1,5-6,11-13,15H2,(H,34,35)/t19?,20-,21-,22-,23?,27?/m0/s1. The van der Waals surface area contributed by atoms with Crippen LogP contribution in [0.1, 0.15) is 19.3 Å². The SMILES string of the molecule is C=CCN(C(=O)C1N(CCCCO)C(=O)[C@@H]2[C@H](C(=O)O)[C@H]3SC12CC3Br)c1ccc2ccccc2c1. The Labute approximate surface area is 222 Å². The van der Waals surface area contributed by atoms with Gasteiger partial charge in [-0.3, -0.25) is 14.4 Å². The number of carbonyl (C=O) groups is 3. The number of unbranched alkanes of at least 4 members (excludes halogenated alkanes) is 1. The van der Waals surface area contributed by atoms with E-state index in [0.717, 1.165) is 10.8 Å². The van der Waals surface area contributed by atoms with Crippen molar-refractivity contribution >= 4 is 61.9 Å². The topological polar surface area (TPSA) is 98.2 Å². The number of rotatable bonds is 9. The molecule has 7 nitrogen and oxygen atoms in total. The van der Waals surface area contributed by atoms with Gasteiger partial charge in [-0.05, 0) is 42.2 Å². The van der Waals surface area contributed by atoms with Crippen LogP contribution in [0.15, 0.2) is 55.1 Å². The maximum Gasteiger partial charge on any atom is 0.308 e. The first-order valence-electron chi connectivity index (χ1n) is 12.2. The second kappa shape index (κ2) is 9.84.